The van der Waals surface area contributed by atoms with Gasteiger partial charge in [-0.15, -0.1) is 0 Å². The normalized spacial score (nSPS) is 17.0. The molecule has 2 rings (SSSR count). The Hall–Kier alpha value is -1.73. The molecule has 0 fully saturated rings. The predicted molar refractivity (Wildman–Crippen MR) is 68.3 cm³/mol. The molecule has 0 atom stereocenters. The van der Waals surface area contributed by atoms with Crippen LogP contribution in [0.5, 0.6) is 0 Å². The summed E-state index contributed by atoms with van der Waals surface area (Å²) in [6, 6.07) is 2.47. The lowest BCUT2D eigenvalue weighted by atomic mass is 10.2. The number of aromatic nitrogens is 1. The Morgan fingerprint density at radius 1 is 1.42 bits per heavy atom. The molecule has 0 aliphatic carbocycles. The van der Waals surface area contributed by atoms with Crippen LogP contribution in [-0.2, 0) is 10.0 Å². The van der Waals surface area contributed by atoms with E-state index < -0.39 is 16.0 Å². The summed E-state index contributed by atoms with van der Waals surface area (Å²) in [4.78, 5) is 14.4. The minimum absolute atomic E-state index is 0.0336. The number of carboxylic acids is 1. The van der Waals surface area contributed by atoms with Crippen molar-refractivity contribution in [1.29, 1.82) is 0 Å². The third-order valence-electron chi connectivity index (χ3n) is 2.88. The molecule has 1 aromatic heterocycles. The summed E-state index contributed by atoms with van der Waals surface area (Å²) in [6.07, 6.45) is 3.74. The SMILES string of the molecule is CC1=CCCN(S(=O)(=O)c2ccc(C(=O)O)cn2)C1. The standard InChI is InChI=1S/C12H14N2O4S/c1-9-3-2-6-14(8-9)19(17,18)11-5-4-10(7-13-11)12(15)16/h3-5,7H,2,6,8H2,1H3,(H,15,16). The minimum Gasteiger partial charge on any atom is -0.478 e. The number of carbonyl (C=O) groups is 1. The Labute approximate surface area is 111 Å². The van der Waals surface area contributed by atoms with Crippen molar-refractivity contribution in [3.63, 3.8) is 0 Å². The number of pyridine rings is 1. The summed E-state index contributed by atoms with van der Waals surface area (Å²) in [5.41, 5.74) is 0.964. The second-order valence-corrected chi connectivity index (χ2v) is 6.25. The highest BCUT2D eigenvalue weighted by Crippen LogP contribution is 2.19. The number of sulfonamides is 1. The molecule has 6 nitrogen and oxygen atoms in total. The van der Waals surface area contributed by atoms with E-state index in [1.54, 1.807) is 0 Å². The lowest BCUT2D eigenvalue weighted by molar-refractivity contribution is 0.0696. The van der Waals surface area contributed by atoms with Gasteiger partial charge in [-0.1, -0.05) is 11.6 Å². The van der Waals surface area contributed by atoms with Gasteiger partial charge in [-0.05, 0) is 25.5 Å². The smallest absolute Gasteiger partial charge is 0.337 e. The van der Waals surface area contributed by atoms with Crippen LogP contribution in [-0.4, -0.2) is 41.9 Å². The molecule has 19 heavy (non-hydrogen) atoms. The van der Waals surface area contributed by atoms with Gasteiger partial charge in [0.05, 0.1) is 5.56 Å². The van der Waals surface area contributed by atoms with E-state index in [0.717, 1.165) is 11.8 Å². The van der Waals surface area contributed by atoms with Crippen molar-refractivity contribution >= 4 is 16.0 Å². The van der Waals surface area contributed by atoms with Crippen molar-refractivity contribution in [2.45, 2.75) is 18.4 Å². The molecule has 2 heterocycles. The zero-order valence-electron chi connectivity index (χ0n) is 10.4. The first kappa shape index (κ1) is 13.7. The first-order chi connectivity index (χ1) is 8.91. The Bertz CT molecular complexity index is 620. The van der Waals surface area contributed by atoms with Crippen LogP contribution in [0.15, 0.2) is 35.0 Å². The zero-order valence-corrected chi connectivity index (χ0v) is 11.2. The molecule has 0 radical (unpaired) electrons. The lowest BCUT2D eigenvalue weighted by Crippen LogP contribution is -2.35. The summed E-state index contributed by atoms with van der Waals surface area (Å²) in [6.45, 7) is 2.65. The van der Waals surface area contributed by atoms with Gasteiger partial charge in [0.25, 0.3) is 10.0 Å². The van der Waals surface area contributed by atoms with E-state index in [2.05, 4.69) is 4.98 Å². The fourth-order valence-corrected chi connectivity index (χ4v) is 3.28. The Kier molecular flexibility index (Phi) is 3.68. The molecule has 1 N–H and O–H groups in total. The molecule has 0 aromatic carbocycles. The van der Waals surface area contributed by atoms with Crippen molar-refractivity contribution in [3.05, 3.63) is 35.5 Å². The predicted octanol–water partition coefficient (Wildman–Crippen LogP) is 1.12. The summed E-state index contributed by atoms with van der Waals surface area (Å²) in [5.74, 6) is -1.13. The van der Waals surface area contributed by atoms with E-state index in [4.69, 9.17) is 5.11 Å². The quantitative estimate of drug-likeness (QED) is 0.839. The molecule has 0 spiro atoms. The molecule has 0 unspecified atom stereocenters. The highest BCUT2D eigenvalue weighted by Gasteiger charge is 2.27. The van der Waals surface area contributed by atoms with Gasteiger partial charge in [-0.3, -0.25) is 0 Å². The van der Waals surface area contributed by atoms with Crippen molar-refractivity contribution in [2.75, 3.05) is 13.1 Å². The third-order valence-corrected chi connectivity index (χ3v) is 4.65. The van der Waals surface area contributed by atoms with Crippen molar-refractivity contribution in [3.8, 4) is 0 Å². The van der Waals surface area contributed by atoms with Crippen molar-refractivity contribution < 1.29 is 18.3 Å². The molecule has 102 valence electrons. The van der Waals surface area contributed by atoms with Gasteiger partial charge in [0, 0.05) is 19.3 Å². The average Bonchev–Trinajstić information content (AvgIpc) is 2.39. The monoisotopic (exact) mass is 282 g/mol. The Morgan fingerprint density at radius 3 is 2.68 bits per heavy atom. The molecular formula is C12H14N2O4S. The fraction of sp³-hybridized carbons (Fsp3) is 0.333. The average molecular weight is 282 g/mol. The maximum absolute atomic E-state index is 12.3. The van der Waals surface area contributed by atoms with Crippen LogP contribution in [0.3, 0.4) is 0 Å². The van der Waals surface area contributed by atoms with E-state index in [9.17, 15) is 13.2 Å². The highest BCUT2D eigenvalue weighted by atomic mass is 32.2. The van der Waals surface area contributed by atoms with E-state index in [0.29, 0.717) is 19.5 Å². The molecule has 0 amide bonds. The Balaban J connectivity index is 2.29. The van der Waals surface area contributed by atoms with Crippen LogP contribution in [0.2, 0.25) is 0 Å². The van der Waals surface area contributed by atoms with Crippen molar-refractivity contribution in [1.82, 2.24) is 9.29 Å². The summed E-state index contributed by atoms with van der Waals surface area (Å²) >= 11 is 0. The molecule has 1 aliphatic heterocycles. The maximum Gasteiger partial charge on any atom is 0.337 e. The number of hydrogen-bond donors (Lipinski definition) is 1. The van der Waals surface area contributed by atoms with Gasteiger partial charge in [0.15, 0.2) is 5.03 Å². The third kappa shape index (κ3) is 2.82. The molecule has 7 heteroatoms. The van der Waals surface area contributed by atoms with Crippen LogP contribution in [0.4, 0.5) is 0 Å². The van der Waals surface area contributed by atoms with Crippen LogP contribution in [0, 0.1) is 0 Å². The zero-order chi connectivity index (χ0) is 14.0. The lowest BCUT2D eigenvalue weighted by Gasteiger charge is -2.24. The van der Waals surface area contributed by atoms with Crippen LogP contribution in [0.25, 0.3) is 0 Å². The number of nitrogens with zero attached hydrogens (tertiary/aromatic N) is 2. The minimum atomic E-state index is -3.65. The van der Waals surface area contributed by atoms with E-state index in [1.165, 1.54) is 16.4 Å². The van der Waals surface area contributed by atoms with Crippen LogP contribution >= 0.6 is 0 Å². The van der Waals surface area contributed by atoms with E-state index >= 15 is 0 Å². The Morgan fingerprint density at radius 2 is 2.16 bits per heavy atom. The first-order valence-corrected chi connectivity index (χ1v) is 7.20. The largest absolute Gasteiger partial charge is 0.478 e. The molecule has 0 bridgehead atoms. The van der Waals surface area contributed by atoms with Gasteiger partial charge in [0.1, 0.15) is 0 Å². The molecule has 0 saturated carbocycles. The van der Waals surface area contributed by atoms with Crippen LogP contribution in [0.1, 0.15) is 23.7 Å². The summed E-state index contributed by atoms with van der Waals surface area (Å²) in [7, 11) is -3.65. The van der Waals surface area contributed by atoms with Crippen molar-refractivity contribution in [2.24, 2.45) is 0 Å². The summed E-state index contributed by atoms with van der Waals surface area (Å²) < 4.78 is 26.0. The van der Waals surface area contributed by atoms with Gasteiger partial charge >= 0.3 is 5.97 Å². The van der Waals surface area contributed by atoms with Gasteiger partial charge in [-0.2, -0.15) is 4.31 Å². The number of hydrogen-bond acceptors (Lipinski definition) is 4. The maximum atomic E-state index is 12.3. The second-order valence-electron chi connectivity index (χ2n) is 4.37. The number of carboxylic acid groups (broad SMARTS) is 1. The first-order valence-electron chi connectivity index (χ1n) is 5.76. The molecule has 1 aromatic rings. The number of aromatic carboxylic acids is 1. The van der Waals surface area contributed by atoms with Gasteiger partial charge in [0.2, 0.25) is 0 Å². The topological polar surface area (TPSA) is 87.6 Å². The van der Waals surface area contributed by atoms with Crippen LogP contribution < -0.4 is 0 Å². The van der Waals surface area contributed by atoms with Gasteiger partial charge in [-0.25, -0.2) is 18.2 Å². The van der Waals surface area contributed by atoms with E-state index in [1.807, 2.05) is 13.0 Å². The summed E-state index contributed by atoms with van der Waals surface area (Å²) in [5, 5.41) is 8.64. The molecule has 1 aliphatic rings. The molecule has 0 saturated heterocycles. The van der Waals surface area contributed by atoms with Gasteiger partial charge < -0.3 is 5.11 Å². The molecular weight excluding hydrogens is 268 g/mol. The van der Waals surface area contributed by atoms with E-state index in [-0.39, 0.29) is 10.6 Å². The number of rotatable bonds is 3. The highest BCUT2D eigenvalue weighted by molar-refractivity contribution is 7.89. The second kappa shape index (κ2) is 5.10. The fourth-order valence-electron chi connectivity index (χ4n) is 1.87.